The van der Waals surface area contributed by atoms with Gasteiger partial charge in [-0.25, -0.2) is 4.39 Å². The third-order valence-corrected chi connectivity index (χ3v) is 7.29. The van der Waals surface area contributed by atoms with E-state index in [0.717, 1.165) is 45.0 Å². The number of carbonyl (C=O) groups is 1. The largest absolute Gasteiger partial charge is 0.496 e. The molecule has 5 rings (SSSR count). The highest BCUT2D eigenvalue weighted by atomic mass is 19.1. The molecule has 35 heavy (non-hydrogen) atoms. The van der Waals surface area contributed by atoms with Crippen LogP contribution >= 0.6 is 0 Å². The average molecular weight is 478 g/mol. The Morgan fingerprint density at radius 3 is 2.57 bits per heavy atom. The molecule has 0 bridgehead atoms. The van der Waals surface area contributed by atoms with Crippen LogP contribution in [-0.2, 0) is 14.3 Å². The molecule has 0 N–H and O–H groups in total. The molecule has 7 heteroatoms. The number of rotatable bonds is 5. The van der Waals surface area contributed by atoms with Gasteiger partial charge < -0.3 is 18.7 Å². The monoisotopic (exact) mass is 477 g/mol. The molecule has 2 aliphatic rings. The molecule has 0 amide bonds. The van der Waals surface area contributed by atoms with Crippen molar-refractivity contribution in [1.82, 2.24) is 5.16 Å². The third kappa shape index (κ3) is 3.93. The summed E-state index contributed by atoms with van der Waals surface area (Å²) in [6, 6.07) is 12.3. The summed E-state index contributed by atoms with van der Waals surface area (Å²) in [5, 5.41) is 4.09. The number of aryl methyl sites for hydroxylation is 2. The van der Waals surface area contributed by atoms with Crippen LogP contribution in [0.5, 0.6) is 5.75 Å². The fourth-order valence-electron chi connectivity index (χ4n) is 5.71. The number of ether oxygens (including phenoxy) is 3. The number of halogens is 1. The smallest absolute Gasteiger partial charge is 0.309 e. The molecule has 182 valence electrons. The van der Waals surface area contributed by atoms with Crippen molar-refractivity contribution in [3.8, 4) is 16.9 Å². The van der Waals surface area contributed by atoms with Crippen LogP contribution in [0.15, 0.2) is 53.1 Å². The van der Waals surface area contributed by atoms with Crippen LogP contribution in [0.4, 0.5) is 4.39 Å². The van der Waals surface area contributed by atoms with Crippen molar-refractivity contribution >= 4 is 11.5 Å². The van der Waals surface area contributed by atoms with Gasteiger partial charge in [-0.15, -0.1) is 0 Å². The first-order valence-electron chi connectivity index (χ1n) is 11.7. The Bertz CT molecular complexity index is 1280. The summed E-state index contributed by atoms with van der Waals surface area (Å²) in [6.45, 7) is 4.18. The zero-order valence-electron chi connectivity index (χ0n) is 20.3. The van der Waals surface area contributed by atoms with Gasteiger partial charge in [0.15, 0.2) is 0 Å². The van der Waals surface area contributed by atoms with Crippen molar-refractivity contribution in [2.45, 2.75) is 38.2 Å². The van der Waals surface area contributed by atoms with Crippen molar-refractivity contribution in [2.24, 2.45) is 5.92 Å². The Morgan fingerprint density at radius 1 is 1.14 bits per heavy atom. The van der Waals surface area contributed by atoms with Crippen molar-refractivity contribution in [2.75, 3.05) is 20.8 Å². The Hall–Kier alpha value is -3.45. The maximum Gasteiger partial charge on any atom is 0.309 e. The average Bonchev–Trinajstić information content (AvgIpc) is 3.56. The van der Waals surface area contributed by atoms with Crippen LogP contribution in [0.25, 0.3) is 16.7 Å². The third-order valence-electron chi connectivity index (χ3n) is 7.29. The number of esters is 1. The van der Waals surface area contributed by atoms with Gasteiger partial charge in [0, 0.05) is 17.0 Å². The Balaban J connectivity index is 1.59. The molecular weight excluding hydrogens is 449 g/mol. The van der Waals surface area contributed by atoms with Gasteiger partial charge in [0.1, 0.15) is 17.3 Å². The molecule has 6 nitrogen and oxygen atoms in total. The molecule has 2 heterocycles. The summed E-state index contributed by atoms with van der Waals surface area (Å²) < 4.78 is 36.4. The highest BCUT2D eigenvalue weighted by Gasteiger charge is 2.54. The quantitative estimate of drug-likeness (QED) is 0.444. The molecule has 1 fully saturated rings. The topological polar surface area (TPSA) is 70.8 Å². The lowest BCUT2D eigenvalue weighted by Crippen LogP contribution is -2.34. The molecule has 0 unspecified atom stereocenters. The van der Waals surface area contributed by atoms with E-state index in [0.29, 0.717) is 19.4 Å². The normalized spacial score (nSPS) is 23.5. The van der Waals surface area contributed by atoms with Crippen molar-refractivity contribution in [3.05, 3.63) is 76.9 Å². The molecule has 1 aliphatic heterocycles. The number of hydrogen-bond acceptors (Lipinski definition) is 6. The van der Waals surface area contributed by atoms with Crippen LogP contribution in [-0.4, -0.2) is 37.6 Å². The number of hydrogen-bond donors (Lipinski definition) is 0. The summed E-state index contributed by atoms with van der Waals surface area (Å²) in [5.41, 5.74) is 4.81. The van der Waals surface area contributed by atoms with E-state index >= 15 is 0 Å². The van der Waals surface area contributed by atoms with E-state index < -0.39 is 5.60 Å². The lowest BCUT2D eigenvalue weighted by molar-refractivity contribution is -0.146. The minimum Gasteiger partial charge on any atom is -0.496 e. The van der Waals surface area contributed by atoms with Crippen molar-refractivity contribution < 1.29 is 27.9 Å². The lowest BCUT2D eigenvalue weighted by Gasteiger charge is -2.31. The second kappa shape index (κ2) is 8.96. The first-order chi connectivity index (χ1) is 16.9. The Kier molecular flexibility index (Phi) is 5.97. The number of benzene rings is 2. The maximum atomic E-state index is 13.7. The van der Waals surface area contributed by atoms with Gasteiger partial charge in [-0.3, -0.25) is 4.79 Å². The zero-order chi connectivity index (χ0) is 24.7. The van der Waals surface area contributed by atoms with Crippen LogP contribution in [0, 0.1) is 25.6 Å². The molecule has 0 radical (unpaired) electrons. The van der Waals surface area contributed by atoms with Gasteiger partial charge in [-0.1, -0.05) is 23.4 Å². The molecule has 0 saturated heterocycles. The van der Waals surface area contributed by atoms with Crippen LogP contribution in [0.1, 0.15) is 41.3 Å². The van der Waals surface area contributed by atoms with E-state index in [-0.39, 0.29) is 23.6 Å². The Labute approximate surface area is 203 Å². The van der Waals surface area contributed by atoms with Crippen LogP contribution < -0.4 is 4.74 Å². The molecular formula is C28H28FNO5. The van der Waals surface area contributed by atoms with E-state index in [1.807, 2.05) is 26.0 Å². The van der Waals surface area contributed by atoms with Crippen molar-refractivity contribution in [3.63, 3.8) is 0 Å². The number of aromatic nitrogens is 1. The van der Waals surface area contributed by atoms with Gasteiger partial charge in [0.2, 0.25) is 0 Å². The summed E-state index contributed by atoms with van der Waals surface area (Å²) in [4.78, 5) is 12.7. The zero-order valence-corrected chi connectivity index (χ0v) is 20.3. The number of carbonyl (C=O) groups excluding carboxylic acids is 1. The molecule has 1 spiro atoms. The highest BCUT2D eigenvalue weighted by molar-refractivity contribution is 5.81. The SMILES string of the molecule is COC(=O)[C@H]1CC[C@@]2(C=C(c3cc(-c4c(C)noc4C)ccc3OC)CO2)[C@@H]1c1ccc(F)cc1. The van der Waals surface area contributed by atoms with Crippen LogP contribution in [0.3, 0.4) is 0 Å². The number of methoxy groups -OCH3 is 2. The van der Waals surface area contributed by atoms with E-state index in [1.165, 1.54) is 19.2 Å². The predicted octanol–water partition coefficient (Wildman–Crippen LogP) is 5.63. The van der Waals surface area contributed by atoms with Crippen LogP contribution in [0.2, 0.25) is 0 Å². The summed E-state index contributed by atoms with van der Waals surface area (Å²) >= 11 is 0. The van der Waals surface area contributed by atoms with E-state index in [1.54, 1.807) is 19.2 Å². The van der Waals surface area contributed by atoms with Gasteiger partial charge in [-0.05, 0) is 73.7 Å². The first kappa shape index (κ1) is 23.3. The lowest BCUT2D eigenvalue weighted by atomic mass is 9.79. The first-order valence-corrected chi connectivity index (χ1v) is 11.7. The molecule has 1 saturated carbocycles. The van der Waals surface area contributed by atoms with E-state index in [2.05, 4.69) is 17.3 Å². The maximum absolute atomic E-state index is 13.7. The molecule has 1 aromatic heterocycles. The molecule has 1 aliphatic carbocycles. The fraction of sp³-hybridized carbons (Fsp3) is 0.357. The van der Waals surface area contributed by atoms with Gasteiger partial charge in [-0.2, -0.15) is 0 Å². The summed E-state index contributed by atoms with van der Waals surface area (Å²) in [7, 11) is 3.04. The molecule has 2 aromatic carbocycles. The fourth-order valence-corrected chi connectivity index (χ4v) is 5.71. The highest BCUT2D eigenvalue weighted by Crippen LogP contribution is 2.54. The van der Waals surface area contributed by atoms with Gasteiger partial charge in [0.05, 0.1) is 38.0 Å². The minimum absolute atomic E-state index is 0.278. The molecule has 3 atom stereocenters. The minimum atomic E-state index is -0.698. The van der Waals surface area contributed by atoms with Crippen molar-refractivity contribution in [1.29, 1.82) is 0 Å². The summed E-state index contributed by atoms with van der Waals surface area (Å²) in [5.74, 6) is 0.217. The van der Waals surface area contributed by atoms with E-state index in [9.17, 15) is 9.18 Å². The van der Waals surface area contributed by atoms with E-state index in [4.69, 9.17) is 18.7 Å². The van der Waals surface area contributed by atoms with Gasteiger partial charge >= 0.3 is 5.97 Å². The molecule has 3 aromatic rings. The Morgan fingerprint density at radius 2 is 1.91 bits per heavy atom. The van der Waals surface area contributed by atoms with Gasteiger partial charge in [0.25, 0.3) is 0 Å². The standard InChI is InChI=1S/C28H28FNO5/c1-16-25(17(2)35-30-16)19-7-10-24(32-3)23(13-19)20-14-28(34-15-20)12-11-22(27(31)33-4)26(28)18-5-8-21(29)9-6-18/h5-10,13-14,22,26H,11-12,15H2,1-4H3/t22-,26+,28+/m0/s1. The second-order valence-corrected chi connectivity index (χ2v) is 9.22. The number of nitrogens with zero attached hydrogens (tertiary/aromatic N) is 1. The predicted molar refractivity (Wildman–Crippen MR) is 129 cm³/mol. The second-order valence-electron chi connectivity index (χ2n) is 9.22. The summed E-state index contributed by atoms with van der Waals surface area (Å²) in [6.07, 6.45) is 3.40.